The van der Waals surface area contributed by atoms with Gasteiger partial charge in [-0.05, 0) is 31.1 Å². The standard InChI is InChI=1S/C54H104O6/c1-6-7-8-9-10-11-24-29-34-39-44-52(55)58-47-51(60-54(57)46-41-36-31-26-21-17-19-23-28-33-38-43-50(4)5)48-59-53(56)45-40-35-30-25-20-16-14-12-13-15-18-22-27-32-37-42-49(2)3/h49-51H,6-48H2,1-5H3/t51-/m1/s1. The lowest BCUT2D eigenvalue weighted by Crippen LogP contribution is -2.30. The predicted octanol–water partition coefficient (Wildman–Crippen LogP) is 17.3. The number of carbonyl (C=O) groups is 3. The van der Waals surface area contributed by atoms with E-state index in [0.29, 0.717) is 19.3 Å². The van der Waals surface area contributed by atoms with E-state index < -0.39 is 6.10 Å². The third kappa shape index (κ3) is 47.5. The van der Waals surface area contributed by atoms with Gasteiger partial charge in [-0.1, -0.05) is 259 Å². The molecule has 0 spiro atoms. The highest BCUT2D eigenvalue weighted by molar-refractivity contribution is 5.71. The van der Waals surface area contributed by atoms with E-state index in [1.165, 1.54) is 186 Å². The van der Waals surface area contributed by atoms with E-state index in [1.807, 2.05) is 0 Å². The Kier molecular flexibility index (Phi) is 45.7. The lowest BCUT2D eigenvalue weighted by atomic mass is 10.0. The van der Waals surface area contributed by atoms with Gasteiger partial charge in [0.15, 0.2) is 6.10 Å². The Balaban J connectivity index is 4.26. The van der Waals surface area contributed by atoms with Gasteiger partial charge in [-0.2, -0.15) is 0 Å². The van der Waals surface area contributed by atoms with Crippen LogP contribution in [0.5, 0.6) is 0 Å². The fourth-order valence-corrected chi connectivity index (χ4v) is 8.17. The van der Waals surface area contributed by atoms with Crippen molar-refractivity contribution in [2.45, 2.75) is 304 Å². The number of unbranched alkanes of at least 4 members (excludes halogenated alkanes) is 33. The number of hydrogen-bond acceptors (Lipinski definition) is 6. The van der Waals surface area contributed by atoms with Crippen molar-refractivity contribution in [3.05, 3.63) is 0 Å². The quantitative estimate of drug-likeness (QED) is 0.0345. The first kappa shape index (κ1) is 58.4. The molecule has 0 fully saturated rings. The Morgan fingerprint density at radius 1 is 0.317 bits per heavy atom. The molecule has 0 bridgehead atoms. The van der Waals surface area contributed by atoms with Crippen molar-refractivity contribution in [1.82, 2.24) is 0 Å². The summed E-state index contributed by atoms with van der Waals surface area (Å²) in [6.45, 7) is 11.4. The van der Waals surface area contributed by atoms with Gasteiger partial charge in [-0.3, -0.25) is 14.4 Å². The average molecular weight is 849 g/mol. The second kappa shape index (κ2) is 46.9. The summed E-state index contributed by atoms with van der Waals surface area (Å²) in [7, 11) is 0. The van der Waals surface area contributed by atoms with Gasteiger partial charge < -0.3 is 14.2 Å². The van der Waals surface area contributed by atoms with Crippen LogP contribution in [0, 0.1) is 11.8 Å². The van der Waals surface area contributed by atoms with Crippen LogP contribution in [0.15, 0.2) is 0 Å². The Hall–Kier alpha value is -1.59. The van der Waals surface area contributed by atoms with Crippen LogP contribution in [0.2, 0.25) is 0 Å². The van der Waals surface area contributed by atoms with E-state index in [1.54, 1.807) is 0 Å². The molecule has 0 aliphatic rings. The molecule has 6 nitrogen and oxygen atoms in total. The van der Waals surface area contributed by atoms with Crippen LogP contribution in [-0.2, 0) is 28.6 Å². The summed E-state index contributed by atoms with van der Waals surface area (Å²) in [5.41, 5.74) is 0. The number of rotatable bonds is 48. The number of hydrogen-bond donors (Lipinski definition) is 0. The lowest BCUT2D eigenvalue weighted by molar-refractivity contribution is -0.167. The minimum atomic E-state index is -0.761. The van der Waals surface area contributed by atoms with Crippen LogP contribution in [0.3, 0.4) is 0 Å². The zero-order valence-electron chi connectivity index (χ0n) is 41.1. The van der Waals surface area contributed by atoms with Crippen molar-refractivity contribution in [3.63, 3.8) is 0 Å². The molecule has 6 heteroatoms. The highest BCUT2D eigenvalue weighted by Gasteiger charge is 2.19. The normalized spacial score (nSPS) is 12.1. The number of carbonyl (C=O) groups excluding carboxylic acids is 3. The first-order chi connectivity index (χ1) is 29.2. The maximum absolute atomic E-state index is 12.8. The molecule has 0 heterocycles. The summed E-state index contributed by atoms with van der Waals surface area (Å²) in [4.78, 5) is 37.9. The Morgan fingerprint density at radius 2 is 0.550 bits per heavy atom. The van der Waals surface area contributed by atoms with E-state index >= 15 is 0 Å². The molecule has 0 N–H and O–H groups in total. The number of ether oxygens (including phenoxy) is 3. The van der Waals surface area contributed by atoms with Crippen LogP contribution >= 0.6 is 0 Å². The first-order valence-corrected chi connectivity index (χ1v) is 26.7. The van der Waals surface area contributed by atoms with Crippen molar-refractivity contribution in [1.29, 1.82) is 0 Å². The Labute approximate surface area is 374 Å². The number of esters is 3. The summed E-state index contributed by atoms with van der Waals surface area (Å²) in [5, 5.41) is 0. The van der Waals surface area contributed by atoms with Crippen LogP contribution in [0.4, 0.5) is 0 Å². The van der Waals surface area contributed by atoms with Gasteiger partial charge in [0.05, 0.1) is 0 Å². The smallest absolute Gasteiger partial charge is 0.306 e. The van der Waals surface area contributed by atoms with Crippen LogP contribution in [0.25, 0.3) is 0 Å². The van der Waals surface area contributed by atoms with Crippen LogP contribution in [0.1, 0.15) is 298 Å². The van der Waals surface area contributed by atoms with Gasteiger partial charge in [0, 0.05) is 19.3 Å². The summed E-state index contributed by atoms with van der Waals surface area (Å²) in [5.74, 6) is 0.827. The maximum atomic E-state index is 12.8. The lowest BCUT2D eigenvalue weighted by Gasteiger charge is -2.18. The summed E-state index contributed by atoms with van der Waals surface area (Å²) < 4.78 is 16.8. The van der Waals surface area contributed by atoms with E-state index in [2.05, 4.69) is 34.6 Å². The molecular weight excluding hydrogens is 745 g/mol. The molecule has 0 saturated carbocycles. The van der Waals surface area contributed by atoms with E-state index in [0.717, 1.165) is 69.6 Å². The molecule has 0 rings (SSSR count). The van der Waals surface area contributed by atoms with Gasteiger partial charge in [-0.25, -0.2) is 0 Å². The monoisotopic (exact) mass is 849 g/mol. The zero-order valence-corrected chi connectivity index (χ0v) is 41.1. The Morgan fingerprint density at radius 3 is 0.817 bits per heavy atom. The van der Waals surface area contributed by atoms with Crippen molar-refractivity contribution < 1.29 is 28.6 Å². The van der Waals surface area contributed by atoms with E-state index in [-0.39, 0.29) is 31.1 Å². The molecular formula is C54H104O6. The largest absolute Gasteiger partial charge is 0.462 e. The molecule has 0 aromatic heterocycles. The molecule has 0 aliphatic carbocycles. The van der Waals surface area contributed by atoms with Crippen molar-refractivity contribution in [2.75, 3.05) is 13.2 Å². The molecule has 0 aromatic carbocycles. The molecule has 60 heavy (non-hydrogen) atoms. The second-order valence-corrected chi connectivity index (χ2v) is 19.5. The van der Waals surface area contributed by atoms with Crippen molar-refractivity contribution in [2.24, 2.45) is 11.8 Å². The predicted molar refractivity (Wildman–Crippen MR) is 256 cm³/mol. The van der Waals surface area contributed by atoms with Crippen molar-refractivity contribution in [3.8, 4) is 0 Å². The van der Waals surface area contributed by atoms with Gasteiger partial charge in [0.1, 0.15) is 13.2 Å². The van der Waals surface area contributed by atoms with Crippen LogP contribution < -0.4 is 0 Å². The van der Waals surface area contributed by atoms with Gasteiger partial charge in [0.2, 0.25) is 0 Å². The van der Waals surface area contributed by atoms with Gasteiger partial charge >= 0.3 is 17.9 Å². The molecule has 0 unspecified atom stereocenters. The summed E-state index contributed by atoms with van der Waals surface area (Å²) in [6, 6.07) is 0. The molecule has 0 saturated heterocycles. The molecule has 0 radical (unpaired) electrons. The third-order valence-electron chi connectivity index (χ3n) is 12.2. The molecule has 1 atom stereocenters. The van der Waals surface area contributed by atoms with E-state index in [4.69, 9.17) is 14.2 Å². The fourth-order valence-electron chi connectivity index (χ4n) is 8.17. The molecule has 0 aliphatic heterocycles. The molecule has 0 amide bonds. The topological polar surface area (TPSA) is 78.9 Å². The minimum absolute atomic E-state index is 0.0634. The molecule has 356 valence electrons. The third-order valence-corrected chi connectivity index (χ3v) is 12.2. The highest BCUT2D eigenvalue weighted by atomic mass is 16.6. The molecule has 0 aromatic rings. The summed E-state index contributed by atoms with van der Waals surface area (Å²) >= 11 is 0. The van der Waals surface area contributed by atoms with Gasteiger partial charge in [0.25, 0.3) is 0 Å². The minimum Gasteiger partial charge on any atom is -0.462 e. The summed E-state index contributed by atoms with van der Waals surface area (Å²) in [6.07, 6.45) is 48.0. The van der Waals surface area contributed by atoms with Crippen LogP contribution in [-0.4, -0.2) is 37.2 Å². The zero-order chi connectivity index (χ0) is 44.0. The van der Waals surface area contributed by atoms with Gasteiger partial charge in [-0.15, -0.1) is 0 Å². The fraction of sp³-hybridized carbons (Fsp3) is 0.944. The van der Waals surface area contributed by atoms with Crippen molar-refractivity contribution >= 4 is 17.9 Å². The van der Waals surface area contributed by atoms with E-state index in [9.17, 15) is 14.4 Å². The first-order valence-electron chi connectivity index (χ1n) is 26.7. The SMILES string of the molecule is CCCCCCCCCCCCC(=O)OC[C@H](COC(=O)CCCCCCCCCCCCCCCCCC(C)C)OC(=O)CCCCCCCCCCCCCC(C)C. The average Bonchev–Trinajstić information content (AvgIpc) is 3.22. The highest BCUT2D eigenvalue weighted by Crippen LogP contribution is 2.18. The second-order valence-electron chi connectivity index (χ2n) is 19.5. The maximum Gasteiger partial charge on any atom is 0.306 e. The Bertz CT molecular complexity index is 916.